The molecule has 2 rings (SSSR count). The van der Waals surface area contributed by atoms with Crippen LogP contribution in [0.4, 0.5) is 5.69 Å². The van der Waals surface area contributed by atoms with Crippen molar-refractivity contribution in [1.29, 1.82) is 0 Å². The van der Waals surface area contributed by atoms with Gasteiger partial charge in [0.15, 0.2) is 0 Å². The van der Waals surface area contributed by atoms with Crippen molar-refractivity contribution in [2.45, 2.75) is 24.3 Å². The summed E-state index contributed by atoms with van der Waals surface area (Å²) in [7, 11) is 0. The SMILES string of the molecule is CC1CN(c2ccnc(C(N)=S)c2)CC(C)S1. The van der Waals surface area contributed by atoms with Crippen LogP contribution in [0.1, 0.15) is 19.5 Å². The Morgan fingerprint density at radius 2 is 2.12 bits per heavy atom. The van der Waals surface area contributed by atoms with Gasteiger partial charge in [0, 0.05) is 35.5 Å². The van der Waals surface area contributed by atoms with Gasteiger partial charge in [-0.1, -0.05) is 26.1 Å². The zero-order valence-electron chi connectivity index (χ0n) is 10.1. The second kappa shape index (κ2) is 5.23. The molecule has 0 saturated carbocycles. The molecule has 0 amide bonds. The number of thioether (sulfide) groups is 1. The molecule has 1 aromatic heterocycles. The minimum atomic E-state index is 0.360. The summed E-state index contributed by atoms with van der Waals surface area (Å²) in [6.07, 6.45) is 1.78. The van der Waals surface area contributed by atoms with Crippen LogP contribution in [0, 0.1) is 0 Å². The Balaban J connectivity index is 2.21. The van der Waals surface area contributed by atoms with Crippen LogP contribution in [0.3, 0.4) is 0 Å². The van der Waals surface area contributed by atoms with Gasteiger partial charge in [-0.05, 0) is 12.1 Å². The van der Waals surface area contributed by atoms with Gasteiger partial charge in [0.2, 0.25) is 0 Å². The van der Waals surface area contributed by atoms with Gasteiger partial charge >= 0.3 is 0 Å². The van der Waals surface area contributed by atoms with E-state index in [0.717, 1.165) is 13.1 Å². The van der Waals surface area contributed by atoms with E-state index >= 15 is 0 Å². The Morgan fingerprint density at radius 1 is 1.47 bits per heavy atom. The lowest BCUT2D eigenvalue weighted by Gasteiger charge is -2.36. The van der Waals surface area contributed by atoms with Gasteiger partial charge < -0.3 is 10.6 Å². The second-order valence-corrected chi connectivity index (χ2v) is 6.75. The Morgan fingerprint density at radius 3 is 2.71 bits per heavy atom. The first-order valence-corrected chi connectivity index (χ1v) is 7.07. The van der Waals surface area contributed by atoms with Crippen LogP contribution in [-0.2, 0) is 0 Å². The number of rotatable bonds is 2. The van der Waals surface area contributed by atoms with E-state index in [-0.39, 0.29) is 0 Å². The predicted molar refractivity (Wildman–Crippen MR) is 78.9 cm³/mol. The molecule has 0 bridgehead atoms. The fraction of sp³-hybridized carbons (Fsp3) is 0.500. The number of nitrogens with zero attached hydrogens (tertiary/aromatic N) is 2. The number of hydrogen-bond donors (Lipinski definition) is 1. The largest absolute Gasteiger partial charge is 0.388 e. The third-order valence-corrected chi connectivity index (χ3v) is 4.22. The third-order valence-electron chi connectivity index (χ3n) is 2.78. The van der Waals surface area contributed by atoms with Crippen LogP contribution in [0.2, 0.25) is 0 Å². The quantitative estimate of drug-likeness (QED) is 0.831. The van der Waals surface area contributed by atoms with E-state index in [0.29, 0.717) is 21.2 Å². The summed E-state index contributed by atoms with van der Waals surface area (Å²) in [5.41, 5.74) is 7.49. The Hall–Kier alpha value is -0.810. The summed E-state index contributed by atoms with van der Waals surface area (Å²) in [6, 6.07) is 4.01. The van der Waals surface area contributed by atoms with E-state index in [1.165, 1.54) is 5.69 Å². The normalized spacial score (nSPS) is 24.7. The minimum Gasteiger partial charge on any atom is -0.388 e. The first kappa shape index (κ1) is 12.6. The van der Waals surface area contributed by atoms with E-state index < -0.39 is 0 Å². The molecule has 1 aromatic rings. The molecule has 0 aromatic carbocycles. The van der Waals surface area contributed by atoms with Crippen molar-refractivity contribution < 1.29 is 0 Å². The first-order chi connectivity index (χ1) is 8.06. The van der Waals surface area contributed by atoms with E-state index in [2.05, 4.69) is 23.7 Å². The van der Waals surface area contributed by atoms with Gasteiger partial charge in [-0.2, -0.15) is 11.8 Å². The molecule has 5 heteroatoms. The van der Waals surface area contributed by atoms with E-state index in [4.69, 9.17) is 18.0 Å². The monoisotopic (exact) mass is 267 g/mol. The van der Waals surface area contributed by atoms with Gasteiger partial charge in [-0.25, -0.2) is 0 Å². The van der Waals surface area contributed by atoms with Gasteiger partial charge in [-0.3, -0.25) is 4.98 Å². The van der Waals surface area contributed by atoms with Crippen molar-refractivity contribution in [3.8, 4) is 0 Å². The maximum Gasteiger partial charge on any atom is 0.122 e. The highest BCUT2D eigenvalue weighted by Crippen LogP contribution is 2.28. The second-order valence-electron chi connectivity index (χ2n) is 4.43. The summed E-state index contributed by atoms with van der Waals surface area (Å²) in [5.74, 6) is 0. The molecule has 2 atom stereocenters. The Kier molecular flexibility index (Phi) is 3.89. The highest BCUT2D eigenvalue weighted by Gasteiger charge is 2.22. The van der Waals surface area contributed by atoms with E-state index in [9.17, 15) is 0 Å². The van der Waals surface area contributed by atoms with Crippen LogP contribution in [0.5, 0.6) is 0 Å². The molecule has 92 valence electrons. The molecule has 1 aliphatic heterocycles. The van der Waals surface area contributed by atoms with Crippen molar-refractivity contribution in [2.24, 2.45) is 5.73 Å². The number of hydrogen-bond acceptors (Lipinski definition) is 4. The van der Waals surface area contributed by atoms with Crippen LogP contribution >= 0.6 is 24.0 Å². The number of aromatic nitrogens is 1. The molecule has 2 unspecified atom stereocenters. The average molecular weight is 267 g/mol. The lowest BCUT2D eigenvalue weighted by molar-refractivity contribution is 0.727. The maximum atomic E-state index is 5.61. The van der Waals surface area contributed by atoms with Gasteiger partial charge in [0.05, 0.1) is 5.69 Å². The van der Waals surface area contributed by atoms with Gasteiger partial charge in [0.25, 0.3) is 0 Å². The molecule has 1 fully saturated rings. The molecule has 17 heavy (non-hydrogen) atoms. The van der Waals surface area contributed by atoms with E-state index in [1.807, 2.05) is 23.9 Å². The summed E-state index contributed by atoms with van der Waals surface area (Å²) < 4.78 is 0. The molecular formula is C12H17N3S2. The number of anilines is 1. The van der Waals surface area contributed by atoms with Crippen LogP contribution in [0.25, 0.3) is 0 Å². The summed E-state index contributed by atoms with van der Waals surface area (Å²) >= 11 is 7.00. The lowest BCUT2D eigenvalue weighted by atomic mass is 10.2. The highest BCUT2D eigenvalue weighted by molar-refractivity contribution is 8.00. The van der Waals surface area contributed by atoms with Crippen molar-refractivity contribution >= 4 is 34.7 Å². The van der Waals surface area contributed by atoms with Crippen molar-refractivity contribution in [2.75, 3.05) is 18.0 Å². The Labute approximate surface area is 112 Å². The molecular weight excluding hydrogens is 250 g/mol. The zero-order valence-corrected chi connectivity index (χ0v) is 11.7. The topological polar surface area (TPSA) is 42.2 Å². The Bertz CT molecular complexity index is 412. The maximum absolute atomic E-state index is 5.61. The smallest absolute Gasteiger partial charge is 0.122 e. The van der Waals surface area contributed by atoms with Crippen LogP contribution < -0.4 is 10.6 Å². The van der Waals surface area contributed by atoms with E-state index in [1.54, 1.807) is 6.20 Å². The molecule has 1 saturated heterocycles. The molecule has 0 aliphatic carbocycles. The predicted octanol–water partition coefficient (Wildman–Crippen LogP) is 2.05. The number of pyridine rings is 1. The number of thiocarbonyl (C=S) groups is 1. The van der Waals surface area contributed by atoms with Crippen molar-refractivity contribution in [3.05, 3.63) is 24.0 Å². The van der Waals surface area contributed by atoms with Gasteiger partial charge in [0.1, 0.15) is 4.99 Å². The van der Waals surface area contributed by atoms with Crippen molar-refractivity contribution in [1.82, 2.24) is 4.98 Å². The molecule has 2 N–H and O–H groups in total. The molecule has 3 nitrogen and oxygen atoms in total. The van der Waals surface area contributed by atoms with Gasteiger partial charge in [-0.15, -0.1) is 0 Å². The molecule has 0 spiro atoms. The molecule has 1 aliphatic rings. The lowest BCUT2D eigenvalue weighted by Crippen LogP contribution is -2.40. The summed E-state index contributed by atoms with van der Waals surface area (Å²) in [4.78, 5) is 6.92. The molecule has 2 heterocycles. The fourth-order valence-corrected chi connectivity index (χ4v) is 3.58. The van der Waals surface area contributed by atoms with Crippen molar-refractivity contribution in [3.63, 3.8) is 0 Å². The highest BCUT2D eigenvalue weighted by atomic mass is 32.2. The van der Waals surface area contributed by atoms with Crippen LogP contribution in [-0.4, -0.2) is 33.6 Å². The fourth-order valence-electron chi connectivity index (χ4n) is 2.14. The average Bonchev–Trinajstić information content (AvgIpc) is 2.28. The van der Waals surface area contributed by atoms with Crippen LogP contribution in [0.15, 0.2) is 18.3 Å². The molecule has 0 radical (unpaired) electrons. The third kappa shape index (κ3) is 3.10. The minimum absolute atomic E-state index is 0.360. The zero-order chi connectivity index (χ0) is 12.4. The standard InChI is InChI=1S/C12H17N3S2/c1-8-6-15(7-9(2)17-8)10-3-4-14-11(5-10)12(13)16/h3-5,8-9H,6-7H2,1-2H3,(H2,13,16). The summed E-state index contributed by atoms with van der Waals surface area (Å²) in [6.45, 7) is 6.66. The first-order valence-electron chi connectivity index (χ1n) is 5.72. The number of nitrogens with two attached hydrogens (primary N) is 1. The summed E-state index contributed by atoms with van der Waals surface area (Å²) in [5, 5.41) is 1.31.